The van der Waals surface area contributed by atoms with Gasteiger partial charge in [-0.15, -0.1) is 0 Å². The number of nitrogens with one attached hydrogen (secondary N) is 1. The van der Waals surface area contributed by atoms with E-state index in [0.717, 1.165) is 24.7 Å². The lowest BCUT2D eigenvalue weighted by atomic mass is 10.0. The lowest BCUT2D eigenvalue weighted by molar-refractivity contribution is -0.136. The maximum atomic E-state index is 15.4. The Kier molecular flexibility index (Phi) is 3.38. The molecule has 3 atom stereocenters. The molecular formula is C18H16F2N2O2. The molecule has 124 valence electrons. The van der Waals surface area contributed by atoms with Gasteiger partial charge in [0, 0.05) is 23.4 Å². The van der Waals surface area contributed by atoms with E-state index in [-0.39, 0.29) is 5.56 Å². The fourth-order valence-corrected chi connectivity index (χ4v) is 3.54. The van der Waals surface area contributed by atoms with E-state index in [0.29, 0.717) is 11.5 Å². The zero-order chi connectivity index (χ0) is 16.9. The van der Waals surface area contributed by atoms with Crippen LogP contribution in [-0.4, -0.2) is 21.8 Å². The summed E-state index contributed by atoms with van der Waals surface area (Å²) in [5.74, 6) is -3.30. The Hall–Kier alpha value is -2.34. The summed E-state index contributed by atoms with van der Waals surface area (Å²) in [4.78, 5) is 16.0. The molecule has 1 aromatic heterocycles. The molecule has 2 N–H and O–H groups in total. The molecule has 24 heavy (non-hydrogen) atoms. The molecule has 6 heteroatoms. The summed E-state index contributed by atoms with van der Waals surface area (Å²) in [5, 5.41) is 8.92. The van der Waals surface area contributed by atoms with E-state index in [2.05, 4.69) is 4.98 Å². The number of rotatable bonds is 4. The standard InChI is InChI=1S/C18H16F2N2O2/c19-13-9-21-14(10-6-7-10)8-12(13)16-15(11-4-2-1-3-5-11)18(16,20)17(23)22-24/h1-5,8-10,15-16,24H,6-7H2,(H,22,23)/t15-,16-,18+/m1/s1. The van der Waals surface area contributed by atoms with E-state index in [4.69, 9.17) is 5.21 Å². The van der Waals surface area contributed by atoms with Gasteiger partial charge >= 0.3 is 0 Å². The molecule has 2 aliphatic carbocycles. The smallest absolute Gasteiger partial charge is 0.282 e. The first-order chi connectivity index (χ1) is 11.6. The first kappa shape index (κ1) is 15.2. The predicted molar refractivity (Wildman–Crippen MR) is 81.9 cm³/mol. The highest BCUT2D eigenvalue weighted by molar-refractivity contribution is 5.92. The van der Waals surface area contributed by atoms with Crippen LogP contribution in [0.25, 0.3) is 0 Å². The molecular weight excluding hydrogens is 314 g/mol. The van der Waals surface area contributed by atoms with Crippen molar-refractivity contribution in [3.05, 3.63) is 65.2 Å². The number of pyridine rings is 1. The van der Waals surface area contributed by atoms with Crippen molar-refractivity contribution in [1.82, 2.24) is 10.5 Å². The van der Waals surface area contributed by atoms with Crippen LogP contribution in [-0.2, 0) is 4.79 Å². The summed E-state index contributed by atoms with van der Waals surface area (Å²) in [6.07, 6.45) is 3.08. The van der Waals surface area contributed by atoms with Gasteiger partial charge in [-0.3, -0.25) is 15.0 Å². The van der Waals surface area contributed by atoms with E-state index in [1.54, 1.807) is 36.4 Å². The lowest BCUT2D eigenvalue weighted by Gasteiger charge is -2.07. The third kappa shape index (κ3) is 2.21. The Labute approximate surface area is 137 Å². The molecule has 2 saturated carbocycles. The molecule has 1 amide bonds. The molecule has 2 fully saturated rings. The number of alkyl halides is 1. The molecule has 0 radical (unpaired) electrons. The van der Waals surface area contributed by atoms with Crippen LogP contribution in [0.3, 0.4) is 0 Å². The van der Waals surface area contributed by atoms with Gasteiger partial charge in [0.1, 0.15) is 5.82 Å². The molecule has 4 nitrogen and oxygen atoms in total. The molecule has 2 aliphatic rings. The van der Waals surface area contributed by atoms with Crippen molar-refractivity contribution in [2.24, 2.45) is 0 Å². The summed E-state index contributed by atoms with van der Waals surface area (Å²) < 4.78 is 29.7. The highest BCUT2D eigenvalue weighted by Gasteiger charge is 2.73. The van der Waals surface area contributed by atoms with Gasteiger partial charge in [-0.25, -0.2) is 14.3 Å². The maximum Gasteiger partial charge on any atom is 0.282 e. The van der Waals surface area contributed by atoms with Crippen molar-refractivity contribution in [1.29, 1.82) is 0 Å². The summed E-state index contributed by atoms with van der Waals surface area (Å²) in [7, 11) is 0. The third-order valence-electron chi connectivity index (χ3n) is 4.97. The van der Waals surface area contributed by atoms with Crippen molar-refractivity contribution in [3.8, 4) is 0 Å². The van der Waals surface area contributed by atoms with Crippen molar-refractivity contribution >= 4 is 5.91 Å². The summed E-state index contributed by atoms with van der Waals surface area (Å²) >= 11 is 0. The Balaban J connectivity index is 1.78. The second kappa shape index (κ2) is 5.34. The van der Waals surface area contributed by atoms with E-state index in [1.807, 2.05) is 0 Å². The lowest BCUT2D eigenvalue weighted by Crippen LogP contribution is -2.33. The number of aromatic nitrogens is 1. The van der Waals surface area contributed by atoms with Crippen molar-refractivity contribution in [3.63, 3.8) is 0 Å². The van der Waals surface area contributed by atoms with Crippen LogP contribution in [0.5, 0.6) is 0 Å². The van der Waals surface area contributed by atoms with E-state index in [9.17, 15) is 9.18 Å². The zero-order valence-corrected chi connectivity index (χ0v) is 12.7. The molecule has 0 bridgehead atoms. The summed E-state index contributed by atoms with van der Waals surface area (Å²) in [6.45, 7) is 0. The van der Waals surface area contributed by atoms with Gasteiger partial charge in [0.25, 0.3) is 5.91 Å². The second-order valence-electron chi connectivity index (χ2n) is 6.48. The van der Waals surface area contributed by atoms with Gasteiger partial charge in [0.2, 0.25) is 5.67 Å². The number of hydrogen-bond acceptors (Lipinski definition) is 3. The maximum absolute atomic E-state index is 15.4. The minimum atomic E-state index is -2.38. The number of carbonyl (C=O) groups is 1. The van der Waals surface area contributed by atoms with E-state index >= 15 is 4.39 Å². The summed E-state index contributed by atoms with van der Waals surface area (Å²) in [5.41, 5.74) is 0.482. The average Bonchev–Trinajstić information content (AvgIpc) is 3.51. The number of halogens is 2. The van der Waals surface area contributed by atoms with E-state index < -0.39 is 29.2 Å². The van der Waals surface area contributed by atoms with Crippen LogP contribution >= 0.6 is 0 Å². The largest absolute Gasteiger partial charge is 0.289 e. The Bertz CT molecular complexity index is 795. The second-order valence-corrected chi connectivity index (χ2v) is 6.48. The third-order valence-corrected chi connectivity index (χ3v) is 4.97. The van der Waals surface area contributed by atoms with Crippen LogP contribution in [0.1, 0.15) is 47.4 Å². The van der Waals surface area contributed by atoms with Gasteiger partial charge in [0.15, 0.2) is 0 Å². The van der Waals surface area contributed by atoms with Crippen LogP contribution in [0.15, 0.2) is 42.6 Å². The first-order valence-corrected chi connectivity index (χ1v) is 7.91. The highest BCUT2D eigenvalue weighted by Crippen LogP contribution is 2.66. The number of carbonyl (C=O) groups excluding carboxylic acids is 1. The number of hydroxylamine groups is 1. The van der Waals surface area contributed by atoms with Crippen molar-refractivity contribution in [2.75, 3.05) is 0 Å². The summed E-state index contributed by atoms with van der Waals surface area (Å²) in [6, 6.07) is 10.2. The van der Waals surface area contributed by atoms with Gasteiger partial charge in [-0.05, 0) is 30.0 Å². The van der Waals surface area contributed by atoms with Gasteiger partial charge in [0.05, 0.1) is 6.20 Å². The molecule has 0 saturated heterocycles. The number of amides is 1. The van der Waals surface area contributed by atoms with Gasteiger partial charge < -0.3 is 0 Å². The SMILES string of the molecule is O=C(NO)[C@]1(F)[C@H](c2ccccc2)[C@H]1c1cc(C2CC2)ncc1F. The molecule has 2 aromatic rings. The normalized spacial score (nSPS) is 28.5. The Morgan fingerprint density at radius 3 is 2.58 bits per heavy atom. The minimum Gasteiger partial charge on any atom is -0.289 e. The fraction of sp³-hybridized carbons (Fsp3) is 0.333. The molecule has 1 heterocycles. The van der Waals surface area contributed by atoms with Crippen LogP contribution in [0.4, 0.5) is 8.78 Å². The Morgan fingerprint density at radius 1 is 1.25 bits per heavy atom. The van der Waals surface area contributed by atoms with Crippen LogP contribution in [0.2, 0.25) is 0 Å². The fourth-order valence-electron chi connectivity index (χ4n) is 3.54. The zero-order valence-electron chi connectivity index (χ0n) is 12.7. The quantitative estimate of drug-likeness (QED) is 0.668. The minimum absolute atomic E-state index is 0.145. The predicted octanol–water partition coefficient (Wildman–Crippen LogP) is 3.19. The van der Waals surface area contributed by atoms with Crippen LogP contribution in [0, 0.1) is 5.82 Å². The Morgan fingerprint density at radius 2 is 1.96 bits per heavy atom. The molecule has 1 aromatic carbocycles. The number of hydrogen-bond donors (Lipinski definition) is 2. The van der Waals surface area contributed by atoms with Gasteiger partial charge in [-0.1, -0.05) is 30.3 Å². The monoisotopic (exact) mass is 330 g/mol. The van der Waals surface area contributed by atoms with Crippen LogP contribution < -0.4 is 5.48 Å². The first-order valence-electron chi connectivity index (χ1n) is 7.91. The number of benzene rings is 1. The molecule has 0 unspecified atom stereocenters. The average molecular weight is 330 g/mol. The van der Waals surface area contributed by atoms with Crippen molar-refractivity contribution < 1.29 is 18.8 Å². The topological polar surface area (TPSA) is 62.2 Å². The molecule has 0 aliphatic heterocycles. The number of nitrogens with zero attached hydrogens (tertiary/aromatic N) is 1. The molecule has 0 spiro atoms. The van der Waals surface area contributed by atoms with Gasteiger partial charge in [-0.2, -0.15) is 0 Å². The molecule has 4 rings (SSSR count). The van der Waals surface area contributed by atoms with Crippen molar-refractivity contribution in [2.45, 2.75) is 36.3 Å². The van der Waals surface area contributed by atoms with E-state index in [1.165, 1.54) is 5.48 Å². The highest BCUT2D eigenvalue weighted by atomic mass is 19.1.